The summed E-state index contributed by atoms with van der Waals surface area (Å²) in [6, 6.07) is 16.3. The van der Waals surface area contributed by atoms with Gasteiger partial charge in [-0.25, -0.2) is 4.98 Å². The lowest BCUT2D eigenvalue weighted by molar-refractivity contribution is 0.0973. The number of benzene rings is 2. The number of rotatable bonds is 2. The molecule has 0 N–H and O–H groups in total. The van der Waals surface area contributed by atoms with Crippen molar-refractivity contribution in [2.45, 2.75) is 55.4 Å². The zero-order chi connectivity index (χ0) is 28.0. The number of imidazole rings is 1. The van der Waals surface area contributed by atoms with Crippen LogP contribution in [0.4, 0.5) is 0 Å². The summed E-state index contributed by atoms with van der Waals surface area (Å²) in [6.45, 7) is 16.6. The van der Waals surface area contributed by atoms with E-state index >= 15 is 0 Å². The number of fused-ring (bicyclic) bond motifs is 6. The van der Waals surface area contributed by atoms with E-state index in [1.54, 1.807) is 22.7 Å². The number of hydrogen-bond acceptors (Lipinski definition) is 5. The van der Waals surface area contributed by atoms with E-state index < -0.39 is 0 Å². The molecule has 0 bridgehead atoms. The Morgan fingerprint density at radius 2 is 1.31 bits per heavy atom. The summed E-state index contributed by atoms with van der Waals surface area (Å²) in [5.74, 6) is 0.700. The maximum absolute atomic E-state index is 13.8. The van der Waals surface area contributed by atoms with E-state index in [1.807, 2.05) is 68.8 Å². The Bertz CT molecular complexity index is 1830. The first kappa shape index (κ1) is 27.0. The van der Waals surface area contributed by atoms with Gasteiger partial charge in [0.15, 0.2) is 0 Å². The zero-order valence-electron chi connectivity index (χ0n) is 23.8. The average molecular weight is 552 g/mol. The first-order valence-electron chi connectivity index (χ1n) is 13.6. The molecule has 0 fully saturated rings. The summed E-state index contributed by atoms with van der Waals surface area (Å²) in [7, 11) is 0. The SMILES string of the molecule is CC.CC.Cc1cc(-c2c3ncccc3c(-c3cc(C)c(C)s3)c3c2nc2n3C(=O)c3ccccc3-2)sc1C. The van der Waals surface area contributed by atoms with Gasteiger partial charge in [-0.05, 0) is 63.1 Å². The van der Waals surface area contributed by atoms with Gasteiger partial charge in [0.05, 0.1) is 16.6 Å². The Morgan fingerprint density at radius 3 is 1.90 bits per heavy atom. The van der Waals surface area contributed by atoms with Crippen molar-refractivity contribution in [1.29, 1.82) is 0 Å². The van der Waals surface area contributed by atoms with Crippen molar-refractivity contribution in [3.8, 4) is 32.3 Å². The van der Waals surface area contributed by atoms with Crippen molar-refractivity contribution in [3.63, 3.8) is 0 Å². The third-order valence-corrected chi connectivity index (χ3v) is 9.43. The summed E-state index contributed by atoms with van der Waals surface area (Å²) >= 11 is 3.52. The van der Waals surface area contributed by atoms with Crippen LogP contribution >= 0.6 is 22.7 Å². The van der Waals surface area contributed by atoms with Crippen LogP contribution in [0.5, 0.6) is 0 Å². The first-order chi connectivity index (χ1) is 18.9. The number of aromatic nitrogens is 3. The summed E-state index contributed by atoms with van der Waals surface area (Å²) in [5.41, 5.74) is 8.80. The normalized spacial score (nSPS) is 11.6. The van der Waals surface area contributed by atoms with Crippen LogP contribution in [-0.4, -0.2) is 20.4 Å². The maximum Gasteiger partial charge on any atom is 0.264 e. The second-order valence-corrected chi connectivity index (χ2v) is 11.7. The highest BCUT2D eigenvalue weighted by Gasteiger charge is 2.34. The number of thiophene rings is 2. The standard InChI is InChI=1S/C29H21N3OS2.2C2H6/c1-14-12-21(34-16(14)3)23-20-10-7-11-30-25(20)24(22-13-15(2)17(4)35-22)26-27(23)32-28(31-26)18-8-5-6-9-19(18)29(32)33;2*1-2/h5-13H,1-4H3;2*1-2H3. The second kappa shape index (κ2) is 10.5. The minimum Gasteiger partial charge on any atom is -0.268 e. The largest absolute Gasteiger partial charge is 0.268 e. The monoisotopic (exact) mass is 551 g/mol. The molecule has 6 heteroatoms. The van der Waals surface area contributed by atoms with E-state index in [9.17, 15) is 4.79 Å². The van der Waals surface area contributed by atoms with Gasteiger partial charge in [0.1, 0.15) is 11.3 Å². The molecule has 0 unspecified atom stereocenters. The van der Waals surface area contributed by atoms with Crippen LogP contribution < -0.4 is 0 Å². The second-order valence-electron chi connectivity index (χ2n) is 9.17. The van der Waals surface area contributed by atoms with E-state index in [0.29, 0.717) is 11.4 Å². The van der Waals surface area contributed by atoms with E-state index in [1.165, 1.54) is 20.9 Å². The molecule has 0 spiro atoms. The van der Waals surface area contributed by atoms with Gasteiger partial charge in [-0.1, -0.05) is 52.0 Å². The Kier molecular flexibility index (Phi) is 7.27. The van der Waals surface area contributed by atoms with Crippen molar-refractivity contribution < 1.29 is 4.79 Å². The highest BCUT2D eigenvalue weighted by molar-refractivity contribution is 7.16. The molecule has 0 saturated carbocycles. The maximum atomic E-state index is 13.8. The fourth-order valence-corrected chi connectivity index (χ4v) is 7.29. The molecule has 0 saturated heterocycles. The summed E-state index contributed by atoms with van der Waals surface area (Å²) in [4.78, 5) is 28.7. The smallest absolute Gasteiger partial charge is 0.264 e. The highest BCUT2D eigenvalue weighted by Crippen LogP contribution is 2.49. The lowest BCUT2D eigenvalue weighted by Crippen LogP contribution is -2.07. The van der Waals surface area contributed by atoms with Crippen LogP contribution in [0.2, 0.25) is 0 Å². The molecule has 4 aromatic heterocycles. The lowest BCUT2D eigenvalue weighted by atomic mass is 9.98. The first-order valence-corrected chi connectivity index (χ1v) is 15.2. The van der Waals surface area contributed by atoms with Crippen LogP contribution in [0.3, 0.4) is 0 Å². The molecule has 7 rings (SSSR count). The van der Waals surface area contributed by atoms with Crippen molar-refractivity contribution in [2.75, 3.05) is 0 Å². The van der Waals surface area contributed by atoms with Crippen molar-refractivity contribution >= 4 is 50.5 Å². The molecule has 1 aliphatic rings. The molecule has 0 aliphatic carbocycles. The van der Waals surface area contributed by atoms with Gasteiger partial charge in [-0.15, -0.1) is 22.7 Å². The molecular formula is C33H33N3OS2. The van der Waals surface area contributed by atoms with Gasteiger partial charge >= 0.3 is 0 Å². The third-order valence-electron chi connectivity index (χ3n) is 7.09. The summed E-state index contributed by atoms with van der Waals surface area (Å²) < 4.78 is 1.84. The van der Waals surface area contributed by atoms with Gasteiger partial charge in [-0.2, -0.15) is 0 Å². The molecule has 6 aromatic rings. The summed E-state index contributed by atoms with van der Waals surface area (Å²) in [5, 5.41) is 1.05. The minimum atomic E-state index is -0.0166. The Hall–Kier alpha value is -3.61. The van der Waals surface area contributed by atoms with Gasteiger partial charge < -0.3 is 0 Å². The summed E-state index contributed by atoms with van der Waals surface area (Å²) in [6.07, 6.45) is 1.85. The molecule has 0 radical (unpaired) electrons. The van der Waals surface area contributed by atoms with Gasteiger partial charge in [-0.3, -0.25) is 14.3 Å². The number of carbonyl (C=O) groups excluding carboxylic acids is 1. The third kappa shape index (κ3) is 4.05. The minimum absolute atomic E-state index is 0.0166. The van der Waals surface area contributed by atoms with Crippen LogP contribution in [0, 0.1) is 27.7 Å². The van der Waals surface area contributed by atoms with E-state index in [2.05, 4.69) is 45.9 Å². The Labute approximate surface area is 238 Å². The number of aryl methyl sites for hydroxylation is 4. The van der Waals surface area contributed by atoms with E-state index in [0.717, 1.165) is 48.4 Å². The number of hydrogen-bond donors (Lipinski definition) is 0. The molecule has 1 aliphatic heterocycles. The van der Waals surface area contributed by atoms with Gasteiger partial charge in [0.25, 0.3) is 5.91 Å². The van der Waals surface area contributed by atoms with Crippen LogP contribution in [0.25, 0.3) is 54.2 Å². The Morgan fingerprint density at radius 1 is 0.718 bits per heavy atom. The van der Waals surface area contributed by atoms with Crippen LogP contribution in [0.15, 0.2) is 54.7 Å². The molecule has 2 aromatic carbocycles. The van der Waals surface area contributed by atoms with Crippen molar-refractivity contribution in [1.82, 2.24) is 14.5 Å². The van der Waals surface area contributed by atoms with E-state index in [-0.39, 0.29) is 5.91 Å². The fraction of sp³-hybridized carbons (Fsp3) is 0.242. The van der Waals surface area contributed by atoms with Gasteiger partial charge in [0.2, 0.25) is 0 Å². The van der Waals surface area contributed by atoms with Crippen molar-refractivity contribution in [2.24, 2.45) is 0 Å². The number of pyridine rings is 1. The molecular weight excluding hydrogens is 519 g/mol. The number of nitrogens with zero attached hydrogens (tertiary/aromatic N) is 3. The molecule has 198 valence electrons. The lowest BCUT2D eigenvalue weighted by Gasteiger charge is -2.13. The zero-order valence-corrected chi connectivity index (χ0v) is 25.4. The number of carbonyl (C=O) groups is 1. The van der Waals surface area contributed by atoms with Crippen LogP contribution in [0.1, 0.15) is 58.9 Å². The molecule has 5 heterocycles. The quantitative estimate of drug-likeness (QED) is 0.215. The molecule has 0 atom stereocenters. The molecule has 4 nitrogen and oxygen atoms in total. The average Bonchev–Trinajstić information content (AvgIpc) is 3.68. The Balaban J connectivity index is 0.000000738. The van der Waals surface area contributed by atoms with Gasteiger partial charge in [0, 0.05) is 47.8 Å². The van der Waals surface area contributed by atoms with Crippen LogP contribution in [-0.2, 0) is 0 Å². The van der Waals surface area contributed by atoms with E-state index in [4.69, 9.17) is 9.97 Å². The highest BCUT2D eigenvalue weighted by atomic mass is 32.1. The molecule has 0 amide bonds. The van der Waals surface area contributed by atoms with Crippen molar-refractivity contribution in [3.05, 3.63) is 81.2 Å². The predicted octanol–water partition coefficient (Wildman–Crippen LogP) is 10.00. The topological polar surface area (TPSA) is 47.8 Å². The molecule has 39 heavy (non-hydrogen) atoms. The fourth-order valence-electron chi connectivity index (χ4n) is 5.11. The predicted molar refractivity (Wildman–Crippen MR) is 168 cm³/mol.